The fraction of sp³-hybridized carbons (Fsp3) is 0. The molecular weight excluding hydrogens is 1060 g/mol. The van der Waals surface area contributed by atoms with E-state index in [9.17, 15) is 0 Å². The number of nitrogens with zero attached hydrogens (tertiary/aromatic N) is 2. The molecule has 4 heteroatoms. The SMILES string of the molecule is c1ccc(-c2cc3c(cc2-c2ccccc2)-c2cc4[nH]c(cc5nc(cc6[nH]c(cc-3n2)c2cc(-c3ccccc3)c(-c3ccccc3)cc62)-c2cc(-c3ccccc3)c(-c3ccccc3)cc2-5)c2cc(-c3ccccc3)c(-c3ccccc3)cc42)cc1. The molecule has 2 aliphatic heterocycles. The molecule has 3 aromatic heterocycles. The van der Waals surface area contributed by atoms with Crippen LogP contribution >= 0.6 is 0 Å². The molecule has 12 aromatic carbocycles. The van der Waals surface area contributed by atoms with Gasteiger partial charge in [0.05, 0.1) is 22.8 Å². The van der Waals surface area contributed by atoms with Crippen LogP contribution in [-0.4, -0.2) is 19.9 Å². The number of aromatic nitrogens is 4. The Morgan fingerprint density at radius 2 is 0.318 bits per heavy atom. The van der Waals surface area contributed by atoms with Crippen LogP contribution in [0.2, 0.25) is 0 Å². The van der Waals surface area contributed by atoms with Gasteiger partial charge in [-0.05, 0) is 162 Å². The van der Waals surface area contributed by atoms with Crippen molar-refractivity contribution in [3.8, 4) is 134 Å². The minimum atomic E-state index is 0.868. The van der Waals surface area contributed by atoms with Gasteiger partial charge in [-0.15, -0.1) is 0 Å². The molecule has 5 heterocycles. The Morgan fingerprint density at radius 3 is 0.489 bits per heavy atom. The van der Waals surface area contributed by atoms with Crippen molar-refractivity contribution in [2.75, 3.05) is 0 Å². The first kappa shape index (κ1) is 50.8. The maximum Gasteiger partial charge on any atom is 0.0737 e. The summed E-state index contributed by atoms with van der Waals surface area (Å²) < 4.78 is 0. The molecule has 15 aromatic rings. The predicted molar refractivity (Wildman–Crippen MR) is 368 cm³/mol. The number of H-pyrrole nitrogens is 2. The number of aromatic amines is 2. The van der Waals surface area contributed by atoms with E-state index in [1.54, 1.807) is 0 Å². The maximum absolute atomic E-state index is 5.81. The average molecular weight is 1120 g/mol. The van der Waals surface area contributed by atoms with Gasteiger partial charge in [0.2, 0.25) is 0 Å². The maximum atomic E-state index is 5.81. The predicted octanol–water partition coefficient (Wildman–Crippen LogP) is 22.6. The van der Waals surface area contributed by atoms with E-state index in [4.69, 9.17) is 9.97 Å². The molecule has 8 bridgehead atoms. The van der Waals surface area contributed by atoms with Crippen molar-refractivity contribution < 1.29 is 0 Å². The van der Waals surface area contributed by atoms with Crippen molar-refractivity contribution in [2.45, 2.75) is 0 Å². The molecule has 0 unspecified atom stereocenters. The second kappa shape index (κ2) is 21.1. The van der Waals surface area contributed by atoms with Gasteiger partial charge in [-0.3, -0.25) is 0 Å². The Bertz CT molecular complexity index is 4700. The lowest BCUT2D eigenvalue weighted by Crippen LogP contribution is -1.89. The van der Waals surface area contributed by atoms with Gasteiger partial charge in [-0.2, -0.15) is 0 Å². The van der Waals surface area contributed by atoms with E-state index in [-0.39, 0.29) is 0 Å². The fourth-order valence-corrected chi connectivity index (χ4v) is 13.5. The lowest BCUT2D eigenvalue weighted by Gasteiger charge is -2.14. The molecule has 0 atom stereocenters. The summed E-state index contributed by atoms with van der Waals surface area (Å²) in [7, 11) is 0. The Morgan fingerprint density at radius 1 is 0.159 bits per heavy atom. The zero-order valence-electron chi connectivity index (χ0n) is 47.9. The van der Waals surface area contributed by atoms with Crippen LogP contribution in [0.3, 0.4) is 0 Å². The van der Waals surface area contributed by atoms with Crippen LogP contribution in [0.15, 0.2) is 315 Å². The third-order valence-electron chi connectivity index (χ3n) is 17.7. The van der Waals surface area contributed by atoms with Gasteiger partial charge in [-0.1, -0.05) is 243 Å². The zero-order chi connectivity index (χ0) is 58.1. The third kappa shape index (κ3) is 8.85. The first-order chi connectivity index (χ1) is 43.6. The van der Waals surface area contributed by atoms with Crippen LogP contribution in [0.1, 0.15) is 0 Å². The largest absolute Gasteiger partial charge is 0.354 e. The summed E-state index contributed by atoms with van der Waals surface area (Å²) in [6.45, 7) is 0. The number of hydrogen-bond acceptors (Lipinski definition) is 2. The Hall–Kier alpha value is -11.7. The molecule has 0 amide bonds. The molecule has 0 saturated carbocycles. The summed E-state index contributed by atoms with van der Waals surface area (Å²) in [5, 5.41) is 4.34. The monoisotopic (exact) mass is 1120 g/mol. The molecule has 88 heavy (non-hydrogen) atoms. The summed E-state index contributed by atoms with van der Waals surface area (Å²) in [6, 6.07) is 114. The van der Waals surface area contributed by atoms with Gasteiger partial charge in [0.25, 0.3) is 0 Å². The normalized spacial score (nSPS) is 11.6. The Labute approximate surface area is 510 Å². The van der Waals surface area contributed by atoms with Crippen molar-refractivity contribution >= 4 is 43.6 Å². The van der Waals surface area contributed by atoms with Gasteiger partial charge >= 0.3 is 0 Å². The molecule has 4 nitrogen and oxygen atoms in total. The number of fused-ring (bicyclic) bond motifs is 20. The van der Waals surface area contributed by atoms with E-state index in [2.05, 4.69) is 325 Å². The first-order valence-corrected chi connectivity index (χ1v) is 30.1. The molecular formula is C84H54N4. The van der Waals surface area contributed by atoms with E-state index in [0.717, 1.165) is 178 Å². The summed E-state index contributed by atoms with van der Waals surface area (Å²) in [5.74, 6) is 0. The summed E-state index contributed by atoms with van der Waals surface area (Å²) in [4.78, 5) is 19.8. The highest BCUT2D eigenvalue weighted by Crippen LogP contribution is 2.49. The van der Waals surface area contributed by atoms with Crippen LogP contribution in [0.5, 0.6) is 0 Å². The smallest absolute Gasteiger partial charge is 0.0737 e. The van der Waals surface area contributed by atoms with E-state index in [1.807, 2.05) is 0 Å². The molecule has 0 saturated heterocycles. The number of hydrogen-bond donors (Lipinski definition) is 2. The minimum absolute atomic E-state index is 0.868. The number of benzene rings is 12. The molecule has 2 N–H and O–H groups in total. The fourth-order valence-electron chi connectivity index (χ4n) is 13.5. The van der Waals surface area contributed by atoms with Gasteiger partial charge in [-0.25, -0.2) is 9.97 Å². The topological polar surface area (TPSA) is 57.4 Å². The van der Waals surface area contributed by atoms with Crippen LogP contribution in [0.4, 0.5) is 0 Å². The van der Waals surface area contributed by atoms with Crippen LogP contribution < -0.4 is 0 Å². The third-order valence-corrected chi connectivity index (χ3v) is 17.7. The summed E-state index contributed by atoms with van der Waals surface area (Å²) in [5.41, 5.74) is 29.8. The van der Waals surface area contributed by atoms with Crippen LogP contribution in [0.25, 0.3) is 178 Å². The van der Waals surface area contributed by atoms with E-state index < -0.39 is 0 Å². The highest BCUT2D eigenvalue weighted by atomic mass is 14.8. The quantitative estimate of drug-likeness (QED) is 0.159. The Balaban J connectivity index is 1.05. The molecule has 0 radical (unpaired) electrons. The second-order valence-electron chi connectivity index (χ2n) is 22.9. The minimum Gasteiger partial charge on any atom is -0.354 e. The molecule has 410 valence electrons. The van der Waals surface area contributed by atoms with E-state index in [0.29, 0.717) is 0 Å². The van der Waals surface area contributed by atoms with E-state index in [1.165, 1.54) is 0 Å². The second-order valence-corrected chi connectivity index (χ2v) is 22.9. The molecule has 0 fully saturated rings. The van der Waals surface area contributed by atoms with Gasteiger partial charge in [0.15, 0.2) is 0 Å². The lowest BCUT2D eigenvalue weighted by atomic mass is 9.89. The van der Waals surface area contributed by atoms with Crippen molar-refractivity contribution in [3.63, 3.8) is 0 Å². The highest BCUT2D eigenvalue weighted by Gasteiger charge is 2.26. The van der Waals surface area contributed by atoms with Crippen molar-refractivity contribution in [3.05, 3.63) is 315 Å². The van der Waals surface area contributed by atoms with Gasteiger partial charge < -0.3 is 9.97 Å². The molecule has 0 spiro atoms. The van der Waals surface area contributed by atoms with Crippen LogP contribution in [-0.2, 0) is 0 Å². The average Bonchev–Trinajstić information content (AvgIpc) is 2.34. The summed E-state index contributed by atoms with van der Waals surface area (Å²) >= 11 is 0. The molecule has 2 aliphatic rings. The zero-order valence-corrected chi connectivity index (χ0v) is 47.9. The van der Waals surface area contributed by atoms with Crippen molar-refractivity contribution in [1.82, 2.24) is 19.9 Å². The Kier molecular flexibility index (Phi) is 12.2. The first-order valence-electron chi connectivity index (χ1n) is 30.1. The van der Waals surface area contributed by atoms with Gasteiger partial charge in [0, 0.05) is 65.9 Å². The number of rotatable bonds is 8. The molecule has 0 aliphatic carbocycles. The standard InChI is InChI=1S/C84H54N4/c1-9-25-53(26-10-1)61-41-69-70(42-62(61)54-27-11-2-12-28-54)78-50-80-73-45-65(57-33-17-5-18-34-57)66(58-35-19-6-20-36-58)46-74(73)82(87-80)52-84-76-48-68(60-39-23-8-24-40-60)67(59-37-21-7-22-38-59)47-75(76)83(88-84)51-81-72-44-64(56-31-15-4-16-32-56)63(55-29-13-3-14-30-55)43-71(72)79(86-81)49-77(69)85-78/h1-52,85,88H. The number of nitrogens with one attached hydrogen (secondary N) is 2. The molecule has 17 rings (SSSR count). The van der Waals surface area contributed by atoms with E-state index >= 15 is 0 Å². The highest BCUT2D eigenvalue weighted by molar-refractivity contribution is 6.15. The van der Waals surface area contributed by atoms with Crippen molar-refractivity contribution in [1.29, 1.82) is 0 Å². The summed E-state index contributed by atoms with van der Waals surface area (Å²) in [6.07, 6.45) is 0. The van der Waals surface area contributed by atoms with Crippen LogP contribution in [0, 0.1) is 0 Å². The lowest BCUT2D eigenvalue weighted by molar-refractivity contribution is 1.40. The van der Waals surface area contributed by atoms with Gasteiger partial charge in [0.1, 0.15) is 0 Å². The van der Waals surface area contributed by atoms with Crippen molar-refractivity contribution in [2.24, 2.45) is 0 Å².